The fraction of sp³-hybridized carbons (Fsp3) is 0.400. The highest BCUT2D eigenvalue weighted by Gasteiger charge is 2.22. The molecule has 0 amide bonds. The number of nitrogens with zero attached hydrogens (tertiary/aromatic N) is 1. The van der Waals surface area contributed by atoms with E-state index in [4.69, 9.17) is 17.3 Å². The Bertz CT molecular complexity index is 595. The van der Waals surface area contributed by atoms with E-state index in [-0.39, 0.29) is 22.2 Å². The minimum atomic E-state index is -3.85. The average Bonchev–Trinajstić information content (AvgIpc) is 2.25. The lowest BCUT2D eigenvalue weighted by Gasteiger charge is -2.19. The molecule has 106 valence electrons. The van der Waals surface area contributed by atoms with Crippen molar-refractivity contribution in [2.24, 2.45) is 5.73 Å². The Balaban J connectivity index is 3.06. The predicted octanol–water partition coefficient (Wildman–Crippen LogP) is 1.26. The molecule has 0 aliphatic heterocycles. The number of hydrogen-bond acceptors (Lipinski definition) is 5. The van der Waals surface area contributed by atoms with E-state index in [2.05, 4.69) is 4.72 Å². The standard InChI is InChI=1S/C10H14ClN3O4S/c1-10(2,12)6-13-19(17,18)9-4-3-7(14(15)16)5-8(9)11/h3-5,13H,6,12H2,1-2H3. The van der Waals surface area contributed by atoms with Crippen LogP contribution in [0.5, 0.6) is 0 Å². The average molecular weight is 308 g/mol. The number of rotatable bonds is 5. The molecule has 0 saturated carbocycles. The minimum Gasteiger partial charge on any atom is -0.324 e. The summed E-state index contributed by atoms with van der Waals surface area (Å²) in [7, 11) is -3.85. The van der Waals surface area contributed by atoms with Crippen LogP contribution in [-0.4, -0.2) is 25.4 Å². The van der Waals surface area contributed by atoms with E-state index in [1.807, 2.05) is 0 Å². The van der Waals surface area contributed by atoms with Crippen molar-refractivity contribution < 1.29 is 13.3 Å². The molecule has 0 bridgehead atoms. The Kier molecular flexibility index (Phi) is 4.51. The number of sulfonamides is 1. The van der Waals surface area contributed by atoms with Gasteiger partial charge in [-0.2, -0.15) is 0 Å². The molecule has 0 aliphatic carbocycles. The van der Waals surface area contributed by atoms with Crippen LogP contribution in [-0.2, 0) is 10.0 Å². The van der Waals surface area contributed by atoms with Crippen molar-refractivity contribution in [3.05, 3.63) is 33.3 Å². The molecular formula is C10H14ClN3O4S. The molecule has 1 aromatic rings. The maximum atomic E-state index is 12.0. The Morgan fingerprint density at radius 2 is 2.05 bits per heavy atom. The highest BCUT2D eigenvalue weighted by Crippen LogP contribution is 2.26. The molecule has 7 nitrogen and oxygen atoms in total. The summed E-state index contributed by atoms with van der Waals surface area (Å²) >= 11 is 5.75. The van der Waals surface area contributed by atoms with Gasteiger partial charge in [0.1, 0.15) is 4.90 Å². The second kappa shape index (κ2) is 5.41. The topological polar surface area (TPSA) is 115 Å². The smallest absolute Gasteiger partial charge is 0.271 e. The molecule has 19 heavy (non-hydrogen) atoms. The lowest BCUT2D eigenvalue weighted by molar-refractivity contribution is -0.384. The molecule has 9 heteroatoms. The van der Waals surface area contributed by atoms with Gasteiger partial charge in [-0.05, 0) is 19.9 Å². The summed E-state index contributed by atoms with van der Waals surface area (Å²) in [6.07, 6.45) is 0. The van der Waals surface area contributed by atoms with Crippen LogP contribution in [0.3, 0.4) is 0 Å². The number of nitrogens with two attached hydrogens (primary N) is 1. The molecular weight excluding hydrogens is 294 g/mol. The maximum absolute atomic E-state index is 12.0. The van der Waals surface area contributed by atoms with E-state index < -0.39 is 20.5 Å². The normalized spacial score (nSPS) is 12.4. The monoisotopic (exact) mass is 307 g/mol. The van der Waals surface area contributed by atoms with Gasteiger partial charge in [0.05, 0.1) is 9.95 Å². The van der Waals surface area contributed by atoms with E-state index in [0.29, 0.717) is 0 Å². The van der Waals surface area contributed by atoms with Gasteiger partial charge in [0.15, 0.2) is 0 Å². The molecule has 3 N–H and O–H groups in total. The molecule has 0 spiro atoms. The van der Waals surface area contributed by atoms with E-state index >= 15 is 0 Å². The third-order valence-corrected chi connectivity index (χ3v) is 4.02. The van der Waals surface area contributed by atoms with Gasteiger partial charge in [-0.15, -0.1) is 0 Å². The molecule has 0 atom stereocenters. The molecule has 0 aromatic heterocycles. The van der Waals surface area contributed by atoms with Gasteiger partial charge >= 0.3 is 0 Å². The molecule has 1 aromatic carbocycles. The Morgan fingerprint density at radius 3 is 2.47 bits per heavy atom. The van der Waals surface area contributed by atoms with Crippen LogP contribution in [0.15, 0.2) is 23.1 Å². The van der Waals surface area contributed by atoms with E-state index in [0.717, 1.165) is 18.2 Å². The second-order valence-electron chi connectivity index (χ2n) is 4.68. The van der Waals surface area contributed by atoms with E-state index in [9.17, 15) is 18.5 Å². The fourth-order valence-corrected chi connectivity index (χ4v) is 2.94. The lowest BCUT2D eigenvalue weighted by Crippen LogP contribution is -2.45. The first kappa shape index (κ1) is 15.8. The SMILES string of the molecule is CC(C)(N)CNS(=O)(=O)c1ccc([N+](=O)[O-])cc1Cl. The zero-order valence-electron chi connectivity index (χ0n) is 10.4. The van der Waals surface area contributed by atoms with E-state index in [1.54, 1.807) is 13.8 Å². The van der Waals surface area contributed by atoms with Gasteiger partial charge in [-0.1, -0.05) is 11.6 Å². The van der Waals surface area contributed by atoms with Gasteiger partial charge in [-0.25, -0.2) is 13.1 Å². The zero-order valence-corrected chi connectivity index (χ0v) is 12.0. The van der Waals surface area contributed by atoms with Crippen molar-refractivity contribution in [1.29, 1.82) is 0 Å². The van der Waals surface area contributed by atoms with Gasteiger partial charge in [0, 0.05) is 24.2 Å². The summed E-state index contributed by atoms with van der Waals surface area (Å²) in [6, 6.07) is 3.16. The summed E-state index contributed by atoms with van der Waals surface area (Å²) < 4.78 is 26.2. The second-order valence-corrected chi connectivity index (χ2v) is 6.83. The first-order valence-electron chi connectivity index (χ1n) is 5.25. The number of benzene rings is 1. The third-order valence-electron chi connectivity index (χ3n) is 2.13. The van der Waals surface area contributed by atoms with Gasteiger partial charge in [-0.3, -0.25) is 10.1 Å². The highest BCUT2D eigenvalue weighted by atomic mass is 35.5. The number of nitro benzene ring substituents is 1. The summed E-state index contributed by atoms with van der Waals surface area (Å²) in [4.78, 5) is 9.66. The van der Waals surface area contributed by atoms with Crippen molar-refractivity contribution in [2.75, 3.05) is 6.54 Å². The van der Waals surface area contributed by atoms with Crippen LogP contribution in [0.1, 0.15) is 13.8 Å². The van der Waals surface area contributed by atoms with Crippen LogP contribution < -0.4 is 10.5 Å². The lowest BCUT2D eigenvalue weighted by atomic mass is 10.1. The molecule has 0 heterocycles. The van der Waals surface area contributed by atoms with Gasteiger partial charge in [0.25, 0.3) is 5.69 Å². The Labute approximate surface area is 115 Å². The Morgan fingerprint density at radius 1 is 1.47 bits per heavy atom. The number of non-ortho nitro benzene ring substituents is 1. The highest BCUT2D eigenvalue weighted by molar-refractivity contribution is 7.89. The molecule has 0 fully saturated rings. The predicted molar refractivity (Wildman–Crippen MR) is 71.6 cm³/mol. The van der Waals surface area contributed by atoms with Crippen LogP contribution in [0.25, 0.3) is 0 Å². The molecule has 0 radical (unpaired) electrons. The van der Waals surface area contributed by atoms with Crippen molar-refractivity contribution in [3.8, 4) is 0 Å². The van der Waals surface area contributed by atoms with Crippen molar-refractivity contribution in [3.63, 3.8) is 0 Å². The van der Waals surface area contributed by atoms with Crippen molar-refractivity contribution in [2.45, 2.75) is 24.3 Å². The number of nitro groups is 1. The minimum absolute atomic E-state index is 0.0165. The molecule has 0 unspecified atom stereocenters. The van der Waals surface area contributed by atoms with Gasteiger partial charge in [0.2, 0.25) is 10.0 Å². The van der Waals surface area contributed by atoms with Crippen molar-refractivity contribution >= 4 is 27.3 Å². The summed E-state index contributed by atoms with van der Waals surface area (Å²) in [5.41, 5.74) is 4.68. The summed E-state index contributed by atoms with van der Waals surface area (Å²) in [6.45, 7) is 3.34. The molecule has 1 rings (SSSR count). The van der Waals surface area contributed by atoms with Crippen LogP contribution in [0.4, 0.5) is 5.69 Å². The Hall–Kier alpha value is -1.22. The molecule has 0 saturated heterocycles. The first-order chi connectivity index (χ1) is 8.53. The number of nitrogens with one attached hydrogen (secondary N) is 1. The third kappa shape index (κ3) is 4.43. The van der Waals surface area contributed by atoms with E-state index in [1.165, 1.54) is 0 Å². The summed E-state index contributed by atoms with van der Waals surface area (Å²) in [5, 5.41) is 10.3. The van der Waals surface area contributed by atoms with Crippen molar-refractivity contribution in [1.82, 2.24) is 4.72 Å². The number of halogens is 1. The van der Waals surface area contributed by atoms with Crippen LogP contribution in [0, 0.1) is 10.1 Å². The first-order valence-corrected chi connectivity index (χ1v) is 7.11. The van der Waals surface area contributed by atoms with Crippen LogP contribution >= 0.6 is 11.6 Å². The zero-order chi connectivity index (χ0) is 14.8. The largest absolute Gasteiger partial charge is 0.324 e. The molecule has 0 aliphatic rings. The quantitative estimate of drug-likeness (QED) is 0.627. The van der Waals surface area contributed by atoms with Crippen LogP contribution in [0.2, 0.25) is 5.02 Å². The summed E-state index contributed by atoms with van der Waals surface area (Å²) in [5.74, 6) is 0. The number of hydrogen-bond donors (Lipinski definition) is 2. The van der Waals surface area contributed by atoms with Gasteiger partial charge < -0.3 is 5.73 Å². The fourth-order valence-electron chi connectivity index (χ4n) is 1.18. The maximum Gasteiger partial charge on any atom is 0.271 e.